The smallest absolute Gasteiger partial charge is 0.201 e. The highest BCUT2D eigenvalue weighted by Gasteiger charge is 2.27. The molecule has 3 nitrogen and oxygen atoms in total. The van der Waals surface area contributed by atoms with Gasteiger partial charge >= 0.3 is 0 Å². The molecule has 0 bridgehead atoms. The predicted molar refractivity (Wildman–Crippen MR) is 80.4 cm³/mol. The van der Waals surface area contributed by atoms with E-state index < -0.39 is 0 Å². The highest BCUT2D eigenvalue weighted by molar-refractivity contribution is 6.31. The maximum Gasteiger partial charge on any atom is 0.201 e. The number of imidazole rings is 1. The second-order valence-electron chi connectivity index (χ2n) is 6.04. The van der Waals surface area contributed by atoms with Crippen LogP contribution >= 0.6 is 11.6 Å². The number of anilines is 1. The Morgan fingerprint density at radius 1 is 1.21 bits per heavy atom. The average Bonchev–Trinajstić information content (AvgIpc) is 2.63. The molecule has 102 valence electrons. The summed E-state index contributed by atoms with van der Waals surface area (Å²) in [5, 5.41) is 0.741. The van der Waals surface area contributed by atoms with E-state index in [0.717, 1.165) is 27.9 Å². The summed E-state index contributed by atoms with van der Waals surface area (Å²) in [5.41, 5.74) is 8.14. The van der Waals surface area contributed by atoms with Gasteiger partial charge in [-0.3, -0.25) is 0 Å². The van der Waals surface area contributed by atoms with Gasteiger partial charge in [-0.1, -0.05) is 25.4 Å². The zero-order valence-corrected chi connectivity index (χ0v) is 12.2. The van der Waals surface area contributed by atoms with Crippen molar-refractivity contribution in [2.45, 2.75) is 39.2 Å². The summed E-state index contributed by atoms with van der Waals surface area (Å²) in [6.45, 7) is 4.65. The molecular weight excluding hydrogens is 258 g/mol. The van der Waals surface area contributed by atoms with E-state index in [-0.39, 0.29) is 0 Å². The van der Waals surface area contributed by atoms with Gasteiger partial charge in [0.05, 0.1) is 11.0 Å². The van der Waals surface area contributed by atoms with Crippen LogP contribution in [0.5, 0.6) is 0 Å². The second kappa shape index (κ2) is 4.71. The molecule has 2 N–H and O–H groups in total. The number of benzene rings is 1. The first-order valence-electron chi connectivity index (χ1n) is 6.97. The van der Waals surface area contributed by atoms with Crippen LogP contribution in [0.3, 0.4) is 0 Å². The number of nitrogens with zero attached hydrogens (tertiary/aromatic N) is 2. The highest BCUT2D eigenvalue weighted by Crippen LogP contribution is 2.39. The van der Waals surface area contributed by atoms with Crippen molar-refractivity contribution in [1.82, 2.24) is 9.55 Å². The first-order valence-corrected chi connectivity index (χ1v) is 7.35. The Morgan fingerprint density at radius 2 is 1.89 bits per heavy atom. The normalized spacial score (nSPS) is 27.8. The van der Waals surface area contributed by atoms with Crippen LogP contribution in [0.2, 0.25) is 5.02 Å². The largest absolute Gasteiger partial charge is 0.369 e. The minimum Gasteiger partial charge on any atom is -0.369 e. The van der Waals surface area contributed by atoms with Gasteiger partial charge in [0.2, 0.25) is 5.95 Å². The molecular formula is C15H20ClN3. The highest BCUT2D eigenvalue weighted by atomic mass is 35.5. The second-order valence-corrected chi connectivity index (χ2v) is 6.48. The van der Waals surface area contributed by atoms with Crippen molar-refractivity contribution in [3.05, 3.63) is 23.2 Å². The molecule has 2 aromatic rings. The lowest BCUT2D eigenvalue weighted by atomic mass is 9.80. The van der Waals surface area contributed by atoms with Crippen molar-refractivity contribution in [3.63, 3.8) is 0 Å². The minimum absolute atomic E-state index is 0.446. The van der Waals surface area contributed by atoms with Gasteiger partial charge in [0.15, 0.2) is 0 Å². The van der Waals surface area contributed by atoms with Crippen molar-refractivity contribution < 1.29 is 0 Å². The molecule has 1 heterocycles. The van der Waals surface area contributed by atoms with E-state index in [1.165, 1.54) is 19.3 Å². The molecule has 1 aromatic carbocycles. The maximum absolute atomic E-state index is 6.13. The SMILES string of the molecule is CC1CC(C)CC(n2c(N)nc3ccc(Cl)cc32)C1. The van der Waals surface area contributed by atoms with Crippen LogP contribution in [0.1, 0.15) is 39.2 Å². The fourth-order valence-corrected chi connectivity index (χ4v) is 3.75. The number of nitrogen functional groups attached to an aromatic ring is 1. The van der Waals surface area contributed by atoms with Crippen LogP contribution < -0.4 is 5.73 Å². The van der Waals surface area contributed by atoms with Gasteiger partial charge in [0.25, 0.3) is 0 Å². The molecule has 0 amide bonds. The summed E-state index contributed by atoms with van der Waals surface area (Å²) in [7, 11) is 0. The molecule has 4 heteroatoms. The lowest BCUT2D eigenvalue weighted by molar-refractivity contribution is 0.226. The standard InChI is InChI=1S/C15H20ClN3/c1-9-5-10(2)7-12(6-9)19-14-8-11(16)3-4-13(14)18-15(19)17/h3-4,8-10,12H,5-7H2,1-2H3,(H2,17,18). The lowest BCUT2D eigenvalue weighted by Crippen LogP contribution is -2.23. The van der Waals surface area contributed by atoms with Crippen LogP contribution in [0.4, 0.5) is 5.95 Å². The van der Waals surface area contributed by atoms with E-state index in [0.29, 0.717) is 12.0 Å². The third-order valence-electron chi connectivity index (χ3n) is 4.20. The Bertz CT molecular complexity index is 595. The van der Waals surface area contributed by atoms with Crippen LogP contribution in [-0.4, -0.2) is 9.55 Å². The zero-order chi connectivity index (χ0) is 13.6. The molecule has 2 unspecified atom stereocenters. The minimum atomic E-state index is 0.446. The van der Waals surface area contributed by atoms with E-state index in [1.54, 1.807) is 0 Å². The number of fused-ring (bicyclic) bond motifs is 1. The predicted octanol–water partition coefficient (Wildman–Crippen LogP) is 4.27. The van der Waals surface area contributed by atoms with E-state index in [1.807, 2.05) is 18.2 Å². The Balaban J connectivity index is 2.08. The summed E-state index contributed by atoms with van der Waals surface area (Å²) in [5.74, 6) is 2.10. The van der Waals surface area contributed by atoms with Gasteiger partial charge in [-0.2, -0.15) is 0 Å². The summed E-state index contributed by atoms with van der Waals surface area (Å²) in [4.78, 5) is 4.46. The summed E-state index contributed by atoms with van der Waals surface area (Å²) in [6.07, 6.45) is 3.66. The fraction of sp³-hybridized carbons (Fsp3) is 0.533. The number of aromatic nitrogens is 2. The first-order chi connectivity index (χ1) is 9.04. The molecule has 2 atom stereocenters. The fourth-order valence-electron chi connectivity index (χ4n) is 3.58. The third kappa shape index (κ3) is 2.32. The molecule has 1 saturated carbocycles. The van der Waals surface area contributed by atoms with Crippen LogP contribution in [0, 0.1) is 11.8 Å². The summed E-state index contributed by atoms with van der Waals surface area (Å²) >= 11 is 6.11. The van der Waals surface area contributed by atoms with Gasteiger partial charge < -0.3 is 10.3 Å². The molecule has 19 heavy (non-hydrogen) atoms. The Hall–Kier alpha value is -1.22. The molecule has 1 aliphatic carbocycles. The van der Waals surface area contributed by atoms with E-state index in [4.69, 9.17) is 17.3 Å². The van der Waals surface area contributed by atoms with Gasteiger partial charge in [-0.15, -0.1) is 0 Å². The Labute approximate surface area is 118 Å². The first kappa shape index (κ1) is 12.8. The van der Waals surface area contributed by atoms with Crippen LogP contribution in [0.25, 0.3) is 11.0 Å². The quantitative estimate of drug-likeness (QED) is 0.846. The molecule has 1 aliphatic rings. The molecule has 0 spiro atoms. The van der Waals surface area contributed by atoms with E-state index in [9.17, 15) is 0 Å². The molecule has 1 fully saturated rings. The van der Waals surface area contributed by atoms with Gasteiger partial charge in [-0.25, -0.2) is 4.98 Å². The number of rotatable bonds is 1. The van der Waals surface area contributed by atoms with Gasteiger partial charge in [0.1, 0.15) is 0 Å². The van der Waals surface area contributed by atoms with Crippen LogP contribution in [-0.2, 0) is 0 Å². The van der Waals surface area contributed by atoms with Crippen molar-refractivity contribution in [3.8, 4) is 0 Å². The number of hydrogen-bond acceptors (Lipinski definition) is 2. The van der Waals surface area contributed by atoms with Crippen molar-refractivity contribution in [2.75, 3.05) is 5.73 Å². The van der Waals surface area contributed by atoms with Crippen molar-refractivity contribution in [2.24, 2.45) is 11.8 Å². The van der Waals surface area contributed by atoms with Crippen molar-refractivity contribution >= 4 is 28.6 Å². The van der Waals surface area contributed by atoms with Gasteiger partial charge in [-0.05, 0) is 49.3 Å². The van der Waals surface area contributed by atoms with Gasteiger partial charge in [0, 0.05) is 11.1 Å². The molecule has 3 rings (SSSR count). The lowest BCUT2D eigenvalue weighted by Gasteiger charge is -2.33. The van der Waals surface area contributed by atoms with Crippen LogP contribution in [0.15, 0.2) is 18.2 Å². The third-order valence-corrected chi connectivity index (χ3v) is 4.43. The molecule has 1 aromatic heterocycles. The maximum atomic E-state index is 6.13. The summed E-state index contributed by atoms with van der Waals surface area (Å²) < 4.78 is 2.19. The Morgan fingerprint density at radius 3 is 2.58 bits per heavy atom. The molecule has 0 radical (unpaired) electrons. The van der Waals surface area contributed by atoms with Crippen molar-refractivity contribution in [1.29, 1.82) is 0 Å². The number of hydrogen-bond donors (Lipinski definition) is 1. The molecule has 0 aliphatic heterocycles. The Kier molecular flexibility index (Phi) is 3.17. The number of halogens is 1. The number of nitrogens with two attached hydrogens (primary N) is 1. The summed E-state index contributed by atoms with van der Waals surface area (Å²) in [6, 6.07) is 6.24. The van der Waals surface area contributed by atoms with E-state index in [2.05, 4.69) is 23.4 Å². The monoisotopic (exact) mass is 277 g/mol. The topological polar surface area (TPSA) is 43.8 Å². The van der Waals surface area contributed by atoms with E-state index >= 15 is 0 Å². The molecule has 0 saturated heterocycles. The zero-order valence-electron chi connectivity index (χ0n) is 11.4. The average molecular weight is 278 g/mol.